The van der Waals surface area contributed by atoms with Gasteiger partial charge in [0.25, 0.3) is 0 Å². The summed E-state index contributed by atoms with van der Waals surface area (Å²) in [6, 6.07) is 4.05. The molecule has 0 saturated heterocycles. The summed E-state index contributed by atoms with van der Waals surface area (Å²) in [4.78, 5) is 0. The van der Waals surface area contributed by atoms with Crippen molar-refractivity contribution in [2.24, 2.45) is 5.73 Å². The number of nitrogens with two attached hydrogens (primary N) is 1. The lowest BCUT2D eigenvalue weighted by atomic mass is 10.00. The Morgan fingerprint density at radius 2 is 2.07 bits per heavy atom. The Kier molecular flexibility index (Phi) is 5.65. The smallest absolute Gasteiger partial charge is 0.123 e. The number of hydrogen-bond acceptors (Lipinski definition) is 1. The van der Waals surface area contributed by atoms with Gasteiger partial charge in [-0.2, -0.15) is 0 Å². The predicted molar refractivity (Wildman–Crippen MR) is 55.9 cm³/mol. The van der Waals surface area contributed by atoms with Crippen LogP contribution >= 0.6 is 12.4 Å². The van der Waals surface area contributed by atoms with Crippen LogP contribution in [-0.2, 0) is 0 Å². The molecule has 0 amide bonds. The molecule has 4 heteroatoms. The monoisotopic (exact) mass is 221 g/mol. The van der Waals surface area contributed by atoms with Crippen molar-refractivity contribution < 1.29 is 8.78 Å². The van der Waals surface area contributed by atoms with Crippen LogP contribution in [0.1, 0.15) is 23.6 Å². The first-order valence-electron chi connectivity index (χ1n) is 4.22. The molecule has 1 rings (SSSR count). The lowest BCUT2D eigenvalue weighted by Crippen LogP contribution is -2.12. The Morgan fingerprint density at radius 3 is 2.57 bits per heavy atom. The van der Waals surface area contributed by atoms with E-state index in [0.29, 0.717) is 0 Å². The van der Waals surface area contributed by atoms with Crippen LogP contribution in [0, 0.1) is 12.7 Å². The molecule has 0 aliphatic heterocycles. The minimum Gasteiger partial charge on any atom is -0.324 e. The van der Waals surface area contributed by atoms with Crippen molar-refractivity contribution in [3.8, 4) is 0 Å². The molecule has 0 aliphatic rings. The van der Waals surface area contributed by atoms with Gasteiger partial charge in [-0.05, 0) is 36.6 Å². The van der Waals surface area contributed by atoms with E-state index in [1.165, 1.54) is 12.1 Å². The summed E-state index contributed by atoms with van der Waals surface area (Å²) in [5.74, 6) is -0.284. The minimum absolute atomic E-state index is 0. The fraction of sp³-hybridized carbons (Fsp3) is 0.400. The molecule has 2 N–H and O–H groups in total. The number of rotatable bonds is 3. The van der Waals surface area contributed by atoms with Gasteiger partial charge in [-0.1, -0.05) is 6.07 Å². The second-order valence-electron chi connectivity index (χ2n) is 3.09. The third kappa shape index (κ3) is 3.24. The predicted octanol–water partition coefficient (Wildman–Crippen LogP) is 2.92. The Labute approximate surface area is 88.7 Å². The van der Waals surface area contributed by atoms with Crippen molar-refractivity contribution in [3.63, 3.8) is 0 Å². The molecule has 0 bridgehead atoms. The van der Waals surface area contributed by atoms with Gasteiger partial charge in [0.05, 0.1) is 6.67 Å². The second-order valence-corrected chi connectivity index (χ2v) is 3.09. The molecule has 80 valence electrons. The van der Waals surface area contributed by atoms with Crippen molar-refractivity contribution in [2.75, 3.05) is 6.67 Å². The Balaban J connectivity index is 0.00000169. The van der Waals surface area contributed by atoms with Crippen molar-refractivity contribution in [3.05, 3.63) is 35.1 Å². The van der Waals surface area contributed by atoms with Crippen LogP contribution in [0.15, 0.2) is 18.2 Å². The SMILES string of the molecule is Cc1cc(F)ccc1[C@H](N)CCF.Cl. The van der Waals surface area contributed by atoms with Crippen LogP contribution in [-0.4, -0.2) is 6.67 Å². The summed E-state index contributed by atoms with van der Waals surface area (Å²) in [5, 5.41) is 0. The highest BCUT2D eigenvalue weighted by Gasteiger charge is 2.08. The van der Waals surface area contributed by atoms with Gasteiger partial charge in [-0.3, -0.25) is 4.39 Å². The molecule has 0 aromatic heterocycles. The molecule has 0 saturated carbocycles. The zero-order chi connectivity index (χ0) is 9.84. The third-order valence-corrected chi connectivity index (χ3v) is 2.05. The normalized spacial score (nSPS) is 12.0. The van der Waals surface area contributed by atoms with Crippen LogP contribution in [0.4, 0.5) is 8.78 Å². The molecule has 0 radical (unpaired) electrons. The van der Waals surface area contributed by atoms with E-state index in [-0.39, 0.29) is 30.7 Å². The summed E-state index contributed by atoms with van der Waals surface area (Å²) in [6.45, 7) is 1.33. The van der Waals surface area contributed by atoms with E-state index in [4.69, 9.17) is 5.73 Å². The highest BCUT2D eigenvalue weighted by atomic mass is 35.5. The Morgan fingerprint density at radius 1 is 1.43 bits per heavy atom. The van der Waals surface area contributed by atoms with E-state index in [1.54, 1.807) is 13.0 Å². The molecule has 1 atom stereocenters. The van der Waals surface area contributed by atoms with Crippen LogP contribution < -0.4 is 5.73 Å². The molecule has 14 heavy (non-hydrogen) atoms. The van der Waals surface area contributed by atoms with E-state index in [9.17, 15) is 8.78 Å². The van der Waals surface area contributed by atoms with Gasteiger partial charge in [0.15, 0.2) is 0 Å². The van der Waals surface area contributed by atoms with Gasteiger partial charge in [0, 0.05) is 6.04 Å². The number of aryl methyl sites for hydroxylation is 1. The molecule has 1 nitrogen and oxygen atoms in total. The second kappa shape index (κ2) is 5.94. The maximum Gasteiger partial charge on any atom is 0.123 e. The van der Waals surface area contributed by atoms with Gasteiger partial charge >= 0.3 is 0 Å². The average Bonchev–Trinajstić information content (AvgIpc) is 2.04. The topological polar surface area (TPSA) is 26.0 Å². The minimum atomic E-state index is -0.446. The van der Waals surface area contributed by atoms with Crippen LogP contribution in [0.2, 0.25) is 0 Å². The fourth-order valence-electron chi connectivity index (χ4n) is 1.33. The molecule has 0 heterocycles. The molecule has 0 unspecified atom stereocenters. The zero-order valence-electron chi connectivity index (χ0n) is 7.97. The van der Waals surface area contributed by atoms with E-state index in [2.05, 4.69) is 0 Å². The lowest BCUT2D eigenvalue weighted by molar-refractivity contribution is 0.441. The summed E-state index contributed by atoms with van der Waals surface area (Å²) in [5.41, 5.74) is 7.29. The van der Waals surface area contributed by atoms with Crippen molar-refractivity contribution in [1.29, 1.82) is 0 Å². The third-order valence-electron chi connectivity index (χ3n) is 2.05. The maximum atomic E-state index is 12.7. The average molecular weight is 222 g/mol. The van der Waals surface area contributed by atoms with Crippen LogP contribution in [0.5, 0.6) is 0 Å². The number of alkyl halides is 1. The highest BCUT2D eigenvalue weighted by Crippen LogP contribution is 2.19. The maximum absolute atomic E-state index is 12.7. The van der Waals surface area contributed by atoms with Crippen molar-refractivity contribution >= 4 is 12.4 Å². The molecule has 0 spiro atoms. The van der Waals surface area contributed by atoms with Gasteiger partial charge < -0.3 is 5.73 Å². The summed E-state index contributed by atoms with van der Waals surface area (Å²) < 4.78 is 24.7. The summed E-state index contributed by atoms with van der Waals surface area (Å²) in [7, 11) is 0. The van der Waals surface area contributed by atoms with E-state index in [0.717, 1.165) is 11.1 Å². The number of benzene rings is 1. The summed E-state index contributed by atoms with van der Waals surface area (Å²) >= 11 is 0. The number of halogens is 3. The molecule has 0 aliphatic carbocycles. The van der Waals surface area contributed by atoms with Crippen LogP contribution in [0.25, 0.3) is 0 Å². The van der Waals surface area contributed by atoms with E-state index < -0.39 is 6.67 Å². The molecule has 1 aromatic carbocycles. The largest absolute Gasteiger partial charge is 0.324 e. The summed E-state index contributed by atoms with van der Waals surface area (Å²) in [6.07, 6.45) is 0.284. The standard InChI is InChI=1S/C10H13F2N.ClH/c1-7-6-8(12)2-3-9(7)10(13)4-5-11;/h2-3,6,10H,4-5,13H2,1H3;1H/t10-;/m1./s1. The first-order valence-corrected chi connectivity index (χ1v) is 4.22. The molecular weight excluding hydrogens is 208 g/mol. The zero-order valence-corrected chi connectivity index (χ0v) is 8.78. The first kappa shape index (κ1) is 13.3. The van der Waals surface area contributed by atoms with Gasteiger partial charge in [-0.25, -0.2) is 4.39 Å². The Hall–Kier alpha value is -0.670. The first-order chi connectivity index (χ1) is 6.15. The quantitative estimate of drug-likeness (QED) is 0.835. The fourth-order valence-corrected chi connectivity index (χ4v) is 1.33. The Bertz CT molecular complexity index is 291. The van der Waals surface area contributed by atoms with Gasteiger partial charge in [0.2, 0.25) is 0 Å². The van der Waals surface area contributed by atoms with Crippen molar-refractivity contribution in [2.45, 2.75) is 19.4 Å². The molecular formula is C10H14ClF2N. The molecule has 1 aromatic rings. The highest BCUT2D eigenvalue weighted by molar-refractivity contribution is 5.85. The van der Waals surface area contributed by atoms with E-state index in [1.807, 2.05) is 0 Å². The van der Waals surface area contributed by atoms with Gasteiger partial charge in [-0.15, -0.1) is 12.4 Å². The number of hydrogen-bond donors (Lipinski definition) is 1. The molecule has 0 fully saturated rings. The van der Waals surface area contributed by atoms with E-state index >= 15 is 0 Å². The lowest BCUT2D eigenvalue weighted by Gasteiger charge is -2.12. The van der Waals surface area contributed by atoms with Gasteiger partial charge in [0.1, 0.15) is 5.82 Å². The van der Waals surface area contributed by atoms with Crippen molar-refractivity contribution in [1.82, 2.24) is 0 Å². The van der Waals surface area contributed by atoms with Crippen LogP contribution in [0.3, 0.4) is 0 Å².